The predicted molar refractivity (Wildman–Crippen MR) is 111 cm³/mol. The number of nitrogens with zero attached hydrogens (tertiary/aromatic N) is 4. The fourth-order valence-corrected chi connectivity index (χ4v) is 4.93. The van der Waals surface area contributed by atoms with Crippen molar-refractivity contribution in [3.05, 3.63) is 72.8 Å². The van der Waals surface area contributed by atoms with Crippen LogP contribution in [0.15, 0.2) is 72.0 Å². The molecule has 3 aromatic rings. The number of benzene rings is 2. The molecule has 0 saturated carbocycles. The van der Waals surface area contributed by atoms with Crippen LogP contribution in [0.2, 0.25) is 0 Å². The fraction of sp³-hybridized carbons (Fsp3) is 0.238. The molecule has 2 aromatic carbocycles. The molecule has 0 radical (unpaired) electrons. The molecule has 0 unspecified atom stereocenters. The van der Waals surface area contributed by atoms with Crippen LogP contribution in [-0.4, -0.2) is 65.6 Å². The Morgan fingerprint density at radius 1 is 0.939 bits per heavy atom. The summed E-state index contributed by atoms with van der Waals surface area (Å²) in [6.45, 7) is 0.420. The number of sulfonamides is 1. The number of piperazine rings is 1. The minimum atomic E-state index is -4.86. The molecule has 0 spiro atoms. The molecule has 8 nitrogen and oxygen atoms in total. The first-order chi connectivity index (χ1) is 15.6. The summed E-state index contributed by atoms with van der Waals surface area (Å²) in [4.78, 5) is 18.5. The molecule has 1 aliphatic heterocycles. The highest BCUT2D eigenvalue weighted by Gasteiger charge is 2.33. The smallest absolute Gasteiger partial charge is 0.406 e. The Balaban J connectivity index is 1.43. The van der Waals surface area contributed by atoms with Gasteiger partial charge in [0.15, 0.2) is 0 Å². The Morgan fingerprint density at radius 3 is 2.18 bits per heavy atom. The van der Waals surface area contributed by atoms with Gasteiger partial charge in [-0.1, -0.05) is 18.2 Å². The summed E-state index contributed by atoms with van der Waals surface area (Å²) in [5.74, 6) is -0.783. The number of alkyl halides is 3. The van der Waals surface area contributed by atoms with E-state index < -0.39 is 22.1 Å². The summed E-state index contributed by atoms with van der Waals surface area (Å²) in [5.41, 5.74) is 1.13. The Hall–Kier alpha value is -3.38. The van der Waals surface area contributed by atoms with Gasteiger partial charge in [0, 0.05) is 31.9 Å². The monoisotopic (exact) mass is 480 g/mol. The Bertz CT molecular complexity index is 1220. The van der Waals surface area contributed by atoms with Gasteiger partial charge < -0.3 is 9.64 Å². The minimum Gasteiger partial charge on any atom is -0.406 e. The molecule has 0 N–H and O–H groups in total. The highest BCUT2D eigenvalue weighted by atomic mass is 32.2. The van der Waals surface area contributed by atoms with Gasteiger partial charge in [-0.25, -0.2) is 13.4 Å². The fourth-order valence-electron chi connectivity index (χ4n) is 3.50. The van der Waals surface area contributed by atoms with Gasteiger partial charge in [-0.15, -0.1) is 13.2 Å². The average Bonchev–Trinajstić information content (AvgIpc) is 3.28. The van der Waals surface area contributed by atoms with Crippen LogP contribution in [0, 0.1) is 0 Å². The molecule has 12 heteroatoms. The van der Waals surface area contributed by atoms with E-state index in [0.29, 0.717) is 5.69 Å². The van der Waals surface area contributed by atoms with Gasteiger partial charge in [-0.3, -0.25) is 9.36 Å². The van der Waals surface area contributed by atoms with Crippen molar-refractivity contribution < 1.29 is 31.1 Å². The second-order valence-corrected chi connectivity index (χ2v) is 9.14. The third-order valence-corrected chi connectivity index (χ3v) is 7.03. The van der Waals surface area contributed by atoms with Gasteiger partial charge in [0.25, 0.3) is 5.91 Å². The first-order valence-electron chi connectivity index (χ1n) is 9.88. The number of rotatable bonds is 5. The second-order valence-electron chi connectivity index (χ2n) is 7.20. The molecule has 174 valence electrons. The maximum Gasteiger partial charge on any atom is 0.573 e. The van der Waals surface area contributed by atoms with Crippen LogP contribution in [0.3, 0.4) is 0 Å². The van der Waals surface area contributed by atoms with E-state index in [1.165, 1.54) is 16.8 Å². The third kappa shape index (κ3) is 5.01. The number of amides is 1. The SMILES string of the molecule is O=C(c1cncn1-c1ccccc1)N1CCN(S(=O)(=O)c2ccc(OC(F)(F)F)cc2)CC1. The van der Waals surface area contributed by atoms with Crippen LogP contribution in [0.5, 0.6) is 5.75 Å². The lowest BCUT2D eigenvalue weighted by atomic mass is 10.3. The van der Waals surface area contributed by atoms with E-state index in [1.54, 1.807) is 9.47 Å². The molecule has 0 aliphatic carbocycles. The summed E-state index contributed by atoms with van der Waals surface area (Å²) in [6, 6.07) is 13.2. The van der Waals surface area contributed by atoms with E-state index in [-0.39, 0.29) is 37.0 Å². The normalized spacial score (nSPS) is 15.4. The van der Waals surface area contributed by atoms with Crippen LogP contribution >= 0.6 is 0 Å². The highest BCUT2D eigenvalue weighted by molar-refractivity contribution is 7.89. The van der Waals surface area contributed by atoms with Crippen LogP contribution in [0.25, 0.3) is 5.69 Å². The molecule has 1 aromatic heterocycles. The van der Waals surface area contributed by atoms with Gasteiger partial charge in [0.05, 0.1) is 17.4 Å². The molecule has 0 atom stereocenters. The predicted octanol–water partition coefficient (Wildman–Crippen LogP) is 2.92. The number of carbonyl (C=O) groups is 1. The Labute approximate surface area is 187 Å². The quantitative estimate of drug-likeness (QED) is 0.561. The van der Waals surface area contributed by atoms with E-state index in [0.717, 1.165) is 30.0 Å². The van der Waals surface area contributed by atoms with E-state index >= 15 is 0 Å². The average molecular weight is 480 g/mol. The van der Waals surface area contributed by atoms with Crippen LogP contribution in [-0.2, 0) is 10.0 Å². The van der Waals surface area contributed by atoms with Gasteiger partial charge in [-0.2, -0.15) is 4.31 Å². The Kier molecular flexibility index (Phi) is 6.13. The molecule has 4 rings (SSSR count). The van der Waals surface area contributed by atoms with Gasteiger partial charge in [0.1, 0.15) is 11.4 Å². The van der Waals surface area contributed by atoms with Crippen molar-refractivity contribution in [2.24, 2.45) is 0 Å². The summed E-state index contributed by atoms with van der Waals surface area (Å²) in [7, 11) is -3.94. The van der Waals surface area contributed by atoms with Crippen molar-refractivity contribution in [1.82, 2.24) is 18.8 Å². The first-order valence-corrected chi connectivity index (χ1v) is 11.3. The Morgan fingerprint density at radius 2 is 1.58 bits per heavy atom. The second kappa shape index (κ2) is 8.87. The number of hydrogen-bond acceptors (Lipinski definition) is 5. The van der Waals surface area contributed by atoms with Gasteiger partial charge >= 0.3 is 6.36 Å². The number of aromatic nitrogens is 2. The number of imidazole rings is 1. The topological polar surface area (TPSA) is 84.7 Å². The molecule has 1 amide bonds. The van der Waals surface area contributed by atoms with E-state index in [4.69, 9.17) is 0 Å². The molecular formula is C21H19F3N4O4S. The van der Waals surface area contributed by atoms with E-state index in [9.17, 15) is 26.4 Å². The zero-order valence-corrected chi connectivity index (χ0v) is 18.0. The van der Waals surface area contributed by atoms with Crippen molar-refractivity contribution in [1.29, 1.82) is 0 Å². The summed E-state index contributed by atoms with van der Waals surface area (Å²) >= 11 is 0. The lowest BCUT2D eigenvalue weighted by Gasteiger charge is -2.34. The number of hydrogen-bond donors (Lipinski definition) is 0. The lowest BCUT2D eigenvalue weighted by Crippen LogP contribution is -2.50. The number of ether oxygens (including phenoxy) is 1. The van der Waals surface area contributed by atoms with Gasteiger partial charge in [-0.05, 0) is 36.4 Å². The molecular weight excluding hydrogens is 461 g/mol. The van der Waals surface area contributed by atoms with Crippen LogP contribution in [0.1, 0.15) is 10.5 Å². The van der Waals surface area contributed by atoms with Crippen molar-refractivity contribution in [2.45, 2.75) is 11.3 Å². The number of carbonyl (C=O) groups excluding carboxylic acids is 1. The largest absolute Gasteiger partial charge is 0.573 e. The third-order valence-electron chi connectivity index (χ3n) is 5.11. The van der Waals surface area contributed by atoms with Crippen molar-refractivity contribution in [2.75, 3.05) is 26.2 Å². The zero-order chi connectivity index (χ0) is 23.6. The summed E-state index contributed by atoms with van der Waals surface area (Å²) in [5, 5.41) is 0. The zero-order valence-electron chi connectivity index (χ0n) is 17.1. The summed E-state index contributed by atoms with van der Waals surface area (Å²) < 4.78 is 69.3. The standard InChI is InChI=1S/C21H19F3N4O4S/c22-21(23,24)32-17-6-8-18(9-7-17)33(30,31)27-12-10-26(11-13-27)20(29)19-14-25-15-28(19)16-4-2-1-3-5-16/h1-9,14-15H,10-13H2. The lowest BCUT2D eigenvalue weighted by molar-refractivity contribution is -0.274. The first kappa shape index (κ1) is 22.8. The van der Waals surface area contributed by atoms with E-state index in [2.05, 4.69) is 9.72 Å². The molecule has 1 fully saturated rings. The number of para-hydroxylation sites is 1. The molecule has 1 saturated heterocycles. The number of halogens is 3. The van der Waals surface area contributed by atoms with Crippen molar-refractivity contribution in [3.8, 4) is 11.4 Å². The maximum absolute atomic E-state index is 13.0. The minimum absolute atomic E-state index is 0.0500. The van der Waals surface area contributed by atoms with Crippen LogP contribution in [0.4, 0.5) is 13.2 Å². The van der Waals surface area contributed by atoms with Crippen molar-refractivity contribution >= 4 is 15.9 Å². The van der Waals surface area contributed by atoms with Gasteiger partial charge in [0.2, 0.25) is 10.0 Å². The molecule has 33 heavy (non-hydrogen) atoms. The summed E-state index contributed by atoms with van der Waals surface area (Å²) in [6.07, 6.45) is -1.86. The van der Waals surface area contributed by atoms with E-state index in [1.807, 2.05) is 30.3 Å². The molecule has 2 heterocycles. The highest BCUT2D eigenvalue weighted by Crippen LogP contribution is 2.25. The van der Waals surface area contributed by atoms with Crippen molar-refractivity contribution in [3.63, 3.8) is 0 Å². The molecule has 1 aliphatic rings. The maximum atomic E-state index is 13.0. The molecule has 0 bridgehead atoms. The van der Waals surface area contributed by atoms with Crippen LogP contribution < -0.4 is 4.74 Å².